The summed E-state index contributed by atoms with van der Waals surface area (Å²) < 4.78 is 5.14. The van der Waals surface area contributed by atoms with Crippen molar-refractivity contribution in [3.8, 4) is 0 Å². The van der Waals surface area contributed by atoms with E-state index in [0.717, 1.165) is 25.7 Å². The van der Waals surface area contributed by atoms with Crippen LogP contribution in [0, 0.1) is 0 Å². The lowest BCUT2D eigenvalue weighted by Crippen LogP contribution is -2.49. The van der Waals surface area contributed by atoms with Crippen LogP contribution in [0.4, 0.5) is 4.79 Å². The number of aliphatic carboxylic acids is 1. The zero-order valence-electron chi connectivity index (χ0n) is 13.4. The van der Waals surface area contributed by atoms with Gasteiger partial charge in [-0.1, -0.05) is 19.3 Å². The standard InChI is InChI=1S/C15H25N3O5/c1-23-11-7-12(14(20)21)18(9-11)13(19)8-16-15(22)17-10-5-3-2-4-6-10/h10-12H,2-9H2,1H3,(H,20,21)(H2,16,17,22). The monoisotopic (exact) mass is 327 g/mol. The number of rotatable bonds is 5. The molecule has 3 amide bonds. The third kappa shape index (κ3) is 4.82. The van der Waals surface area contributed by atoms with Gasteiger partial charge in [0.25, 0.3) is 0 Å². The first-order valence-electron chi connectivity index (χ1n) is 8.10. The fourth-order valence-electron chi connectivity index (χ4n) is 3.22. The fraction of sp³-hybridized carbons (Fsp3) is 0.800. The van der Waals surface area contributed by atoms with E-state index in [4.69, 9.17) is 4.74 Å². The van der Waals surface area contributed by atoms with Crippen LogP contribution in [0.25, 0.3) is 0 Å². The largest absolute Gasteiger partial charge is 0.480 e. The molecule has 130 valence electrons. The third-order valence-electron chi connectivity index (χ3n) is 4.54. The maximum atomic E-state index is 12.2. The van der Waals surface area contributed by atoms with Gasteiger partial charge in [-0.2, -0.15) is 0 Å². The quantitative estimate of drug-likeness (QED) is 0.674. The number of carbonyl (C=O) groups excluding carboxylic acids is 2. The van der Waals surface area contributed by atoms with Crippen LogP contribution in [0.1, 0.15) is 38.5 Å². The molecule has 8 nitrogen and oxygen atoms in total. The second-order valence-electron chi connectivity index (χ2n) is 6.16. The summed E-state index contributed by atoms with van der Waals surface area (Å²) in [5.41, 5.74) is 0. The van der Waals surface area contributed by atoms with Crippen molar-refractivity contribution in [2.75, 3.05) is 20.2 Å². The average Bonchev–Trinajstić information content (AvgIpc) is 2.98. The first-order chi connectivity index (χ1) is 11.0. The zero-order valence-corrected chi connectivity index (χ0v) is 13.4. The van der Waals surface area contributed by atoms with Crippen molar-refractivity contribution in [3.63, 3.8) is 0 Å². The number of carbonyl (C=O) groups is 3. The second-order valence-corrected chi connectivity index (χ2v) is 6.16. The smallest absolute Gasteiger partial charge is 0.326 e. The highest BCUT2D eigenvalue weighted by Gasteiger charge is 2.39. The van der Waals surface area contributed by atoms with Gasteiger partial charge in [0.1, 0.15) is 6.04 Å². The number of urea groups is 1. The van der Waals surface area contributed by atoms with E-state index >= 15 is 0 Å². The molecule has 2 aliphatic rings. The highest BCUT2D eigenvalue weighted by Crippen LogP contribution is 2.20. The topological polar surface area (TPSA) is 108 Å². The number of amides is 3. The highest BCUT2D eigenvalue weighted by molar-refractivity contribution is 5.88. The van der Waals surface area contributed by atoms with Crippen LogP contribution in [0.5, 0.6) is 0 Å². The third-order valence-corrected chi connectivity index (χ3v) is 4.54. The maximum Gasteiger partial charge on any atom is 0.326 e. The van der Waals surface area contributed by atoms with Gasteiger partial charge in [0.05, 0.1) is 12.6 Å². The van der Waals surface area contributed by atoms with E-state index in [1.165, 1.54) is 18.4 Å². The molecule has 3 N–H and O–H groups in total. The minimum absolute atomic E-state index is 0.162. The van der Waals surface area contributed by atoms with Crippen LogP contribution >= 0.6 is 0 Å². The summed E-state index contributed by atoms with van der Waals surface area (Å²) in [5, 5.41) is 14.6. The molecule has 2 unspecified atom stereocenters. The molecule has 1 saturated carbocycles. The lowest BCUT2D eigenvalue weighted by atomic mass is 9.96. The Morgan fingerprint density at radius 1 is 1.22 bits per heavy atom. The van der Waals surface area contributed by atoms with Crippen molar-refractivity contribution in [1.82, 2.24) is 15.5 Å². The van der Waals surface area contributed by atoms with E-state index in [2.05, 4.69) is 10.6 Å². The minimum Gasteiger partial charge on any atom is -0.480 e. The molecular formula is C15H25N3O5. The van der Waals surface area contributed by atoms with Crippen LogP contribution < -0.4 is 10.6 Å². The van der Waals surface area contributed by atoms with E-state index in [9.17, 15) is 19.5 Å². The molecule has 1 heterocycles. The normalized spacial score (nSPS) is 25.2. The van der Waals surface area contributed by atoms with Gasteiger partial charge < -0.3 is 25.4 Å². The Balaban J connectivity index is 1.78. The molecule has 1 aliphatic heterocycles. The number of hydrogen-bond donors (Lipinski definition) is 3. The molecule has 2 atom stereocenters. The van der Waals surface area contributed by atoms with E-state index in [-0.39, 0.29) is 37.7 Å². The molecule has 0 aromatic heterocycles. The lowest BCUT2D eigenvalue weighted by Gasteiger charge is -2.24. The van der Waals surface area contributed by atoms with Gasteiger partial charge in [-0.15, -0.1) is 0 Å². The van der Waals surface area contributed by atoms with Crippen molar-refractivity contribution < 1.29 is 24.2 Å². The molecular weight excluding hydrogens is 302 g/mol. The summed E-state index contributed by atoms with van der Waals surface area (Å²) in [5.74, 6) is -1.46. The van der Waals surface area contributed by atoms with E-state index in [0.29, 0.717) is 0 Å². The van der Waals surface area contributed by atoms with Gasteiger partial charge in [0.15, 0.2) is 0 Å². The molecule has 0 radical (unpaired) electrons. The summed E-state index contributed by atoms with van der Waals surface area (Å²) in [7, 11) is 1.49. The van der Waals surface area contributed by atoms with Crippen LogP contribution in [0.3, 0.4) is 0 Å². The van der Waals surface area contributed by atoms with Gasteiger partial charge >= 0.3 is 12.0 Å². The molecule has 8 heteroatoms. The molecule has 0 bridgehead atoms. The zero-order chi connectivity index (χ0) is 16.8. The number of carboxylic acid groups (broad SMARTS) is 1. The van der Waals surface area contributed by atoms with Crippen molar-refractivity contribution >= 4 is 17.9 Å². The predicted octanol–water partition coefficient (Wildman–Crippen LogP) is 0.319. The Bertz CT molecular complexity index is 450. The Morgan fingerprint density at radius 2 is 1.91 bits per heavy atom. The van der Waals surface area contributed by atoms with Crippen LogP contribution in [0.2, 0.25) is 0 Å². The van der Waals surface area contributed by atoms with Gasteiger partial charge in [-0.25, -0.2) is 9.59 Å². The van der Waals surface area contributed by atoms with Gasteiger partial charge in [0.2, 0.25) is 5.91 Å². The SMILES string of the molecule is COC1CC(C(=O)O)N(C(=O)CNC(=O)NC2CCCCC2)C1. The molecule has 0 aromatic carbocycles. The van der Waals surface area contributed by atoms with Crippen LogP contribution in [-0.2, 0) is 14.3 Å². The van der Waals surface area contributed by atoms with E-state index in [1.807, 2.05) is 0 Å². The molecule has 2 rings (SSSR count). The van der Waals surface area contributed by atoms with Gasteiger partial charge in [-0.05, 0) is 12.8 Å². The first-order valence-corrected chi connectivity index (χ1v) is 8.10. The Morgan fingerprint density at radius 3 is 2.52 bits per heavy atom. The van der Waals surface area contributed by atoms with E-state index < -0.39 is 17.9 Å². The first kappa shape index (κ1) is 17.5. The summed E-state index contributed by atoms with van der Waals surface area (Å²) in [6.45, 7) is 0.0248. The predicted molar refractivity (Wildman–Crippen MR) is 82.0 cm³/mol. The van der Waals surface area contributed by atoms with Crippen molar-refractivity contribution in [2.45, 2.75) is 56.7 Å². The Hall–Kier alpha value is -1.83. The maximum absolute atomic E-state index is 12.2. The average molecular weight is 327 g/mol. The van der Waals surface area contributed by atoms with Crippen LogP contribution in [-0.4, -0.2) is 66.3 Å². The lowest BCUT2D eigenvalue weighted by molar-refractivity contribution is -0.147. The summed E-state index contributed by atoms with van der Waals surface area (Å²) in [6, 6.07) is -1.11. The second kappa shape index (κ2) is 8.14. The number of nitrogens with one attached hydrogen (secondary N) is 2. The van der Waals surface area contributed by atoms with Crippen molar-refractivity contribution in [1.29, 1.82) is 0 Å². The number of likely N-dealkylation sites (tertiary alicyclic amines) is 1. The Kier molecular flexibility index (Phi) is 6.20. The van der Waals surface area contributed by atoms with Crippen molar-refractivity contribution in [2.24, 2.45) is 0 Å². The number of ether oxygens (including phenoxy) is 1. The number of carboxylic acids is 1. The molecule has 0 aromatic rings. The minimum atomic E-state index is -1.05. The highest BCUT2D eigenvalue weighted by atomic mass is 16.5. The molecule has 1 aliphatic carbocycles. The summed E-state index contributed by atoms with van der Waals surface area (Å²) in [6.07, 6.45) is 5.33. The van der Waals surface area contributed by atoms with E-state index in [1.54, 1.807) is 0 Å². The molecule has 2 fully saturated rings. The fourth-order valence-corrected chi connectivity index (χ4v) is 3.22. The number of nitrogens with zero attached hydrogens (tertiary/aromatic N) is 1. The summed E-state index contributed by atoms with van der Waals surface area (Å²) >= 11 is 0. The number of hydrogen-bond acceptors (Lipinski definition) is 4. The summed E-state index contributed by atoms with van der Waals surface area (Å²) in [4.78, 5) is 36.5. The number of methoxy groups -OCH3 is 1. The van der Waals surface area contributed by atoms with Gasteiger partial charge in [0, 0.05) is 26.1 Å². The van der Waals surface area contributed by atoms with Gasteiger partial charge in [-0.3, -0.25) is 4.79 Å². The molecule has 23 heavy (non-hydrogen) atoms. The van der Waals surface area contributed by atoms with Crippen LogP contribution in [0.15, 0.2) is 0 Å². The molecule has 1 saturated heterocycles. The Labute approximate surface area is 135 Å². The molecule has 0 spiro atoms. The van der Waals surface area contributed by atoms with Crippen molar-refractivity contribution in [3.05, 3.63) is 0 Å².